The molecule has 1 aromatic heterocycles. The number of hydrogen-bond donors (Lipinski definition) is 0. The van der Waals surface area contributed by atoms with Crippen molar-refractivity contribution in [2.24, 2.45) is 0 Å². The van der Waals surface area contributed by atoms with Gasteiger partial charge in [-0.05, 0) is 48.9 Å². The maximum absolute atomic E-state index is 13.4. The van der Waals surface area contributed by atoms with Crippen molar-refractivity contribution >= 4 is 12.0 Å². The highest BCUT2D eigenvalue weighted by Crippen LogP contribution is 2.26. The highest BCUT2D eigenvalue weighted by Gasteiger charge is 2.24. The zero-order chi connectivity index (χ0) is 24.9. The van der Waals surface area contributed by atoms with E-state index in [0.29, 0.717) is 45.0 Å². The first kappa shape index (κ1) is 23.9. The molecule has 0 N–H and O–H groups in total. The number of benzene rings is 2. The van der Waals surface area contributed by atoms with Crippen molar-refractivity contribution in [2.45, 2.75) is 20.0 Å². The first-order chi connectivity index (χ1) is 17.6. The van der Waals surface area contributed by atoms with Crippen molar-refractivity contribution in [2.75, 3.05) is 45.9 Å². The standard InChI is InChI=1S/C27H31N5O4/c1-2-35-27(34)30-13-11-29(12-14-30)19-21-7-8-25-23(17-21)20-31(15-16-36-25)26(33)22-5-3-6-24(18-22)32-10-4-9-28-32/h3-10,17-18H,2,11-16,19-20H2,1H3. The average Bonchev–Trinajstić information content (AvgIpc) is 3.36. The van der Waals surface area contributed by atoms with Crippen molar-refractivity contribution in [1.82, 2.24) is 24.5 Å². The summed E-state index contributed by atoms with van der Waals surface area (Å²) >= 11 is 0. The second-order valence-electron chi connectivity index (χ2n) is 8.98. The van der Waals surface area contributed by atoms with Gasteiger partial charge >= 0.3 is 6.09 Å². The molecule has 188 valence electrons. The van der Waals surface area contributed by atoms with Gasteiger partial charge in [0.15, 0.2) is 0 Å². The minimum absolute atomic E-state index is 0.0269. The lowest BCUT2D eigenvalue weighted by Gasteiger charge is -2.34. The van der Waals surface area contributed by atoms with Crippen LogP contribution >= 0.6 is 0 Å². The predicted octanol–water partition coefficient (Wildman–Crippen LogP) is 3.18. The van der Waals surface area contributed by atoms with Gasteiger partial charge < -0.3 is 19.3 Å². The van der Waals surface area contributed by atoms with E-state index in [1.54, 1.807) is 15.8 Å². The minimum Gasteiger partial charge on any atom is -0.491 e. The molecule has 0 saturated carbocycles. The molecule has 0 atom stereocenters. The molecule has 0 spiro atoms. The molecule has 2 aliphatic rings. The van der Waals surface area contributed by atoms with Crippen LogP contribution < -0.4 is 4.74 Å². The van der Waals surface area contributed by atoms with E-state index < -0.39 is 0 Å². The third-order valence-electron chi connectivity index (χ3n) is 6.56. The number of aromatic nitrogens is 2. The number of carbonyl (C=O) groups is 2. The van der Waals surface area contributed by atoms with Crippen LogP contribution in [0.3, 0.4) is 0 Å². The molecular formula is C27H31N5O4. The Labute approximate surface area is 210 Å². The molecule has 9 heteroatoms. The molecule has 9 nitrogen and oxygen atoms in total. The van der Waals surface area contributed by atoms with E-state index in [2.05, 4.69) is 22.1 Å². The molecule has 2 amide bonds. The third kappa shape index (κ3) is 5.36. The van der Waals surface area contributed by atoms with E-state index in [1.165, 1.54) is 0 Å². The van der Waals surface area contributed by atoms with E-state index in [-0.39, 0.29) is 12.0 Å². The molecule has 0 radical (unpaired) electrons. The monoisotopic (exact) mass is 489 g/mol. The van der Waals surface area contributed by atoms with Gasteiger partial charge in [0.2, 0.25) is 0 Å². The van der Waals surface area contributed by atoms with Crippen molar-refractivity contribution in [1.29, 1.82) is 0 Å². The van der Waals surface area contributed by atoms with Crippen molar-refractivity contribution < 1.29 is 19.1 Å². The van der Waals surface area contributed by atoms with Gasteiger partial charge in [-0.1, -0.05) is 12.1 Å². The molecule has 5 rings (SSSR count). The number of hydrogen-bond acceptors (Lipinski definition) is 6. The summed E-state index contributed by atoms with van der Waals surface area (Å²) in [5.74, 6) is 0.799. The summed E-state index contributed by atoms with van der Waals surface area (Å²) in [6.45, 7) is 7.37. The van der Waals surface area contributed by atoms with Gasteiger partial charge in [-0.3, -0.25) is 9.69 Å². The van der Waals surface area contributed by atoms with Gasteiger partial charge in [-0.25, -0.2) is 9.48 Å². The van der Waals surface area contributed by atoms with E-state index in [4.69, 9.17) is 9.47 Å². The van der Waals surface area contributed by atoms with Crippen LogP contribution in [0.1, 0.15) is 28.4 Å². The first-order valence-electron chi connectivity index (χ1n) is 12.4. The number of nitrogens with zero attached hydrogens (tertiary/aromatic N) is 5. The highest BCUT2D eigenvalue weighted by molar-refractivity contribution is 5.94. The van der Waals surface area contributed by atoms with Gasteiger partial charge in [0.25, 0.3) is 5.91 Å². The zero-order valence-corrected chi connectivity index (χ0v) is 20.5. The number of ether oxygens (including phenoxy) is 2. The Morgan fingerprint density at radius 1 is 1.00 bits per heavy atom. The highest BCUT2D eigenvalue weighted by atomic mass is 16.6. The van der Waals surface area contributed by atoms with Crippen LogP contribution in [-0.4, -0.2) is 82.4 Å². The SMILES string of the molecule is CCOC(=O)N1CCN(Cc2ccc3c(c2)CN(C(=O)c2cccc(-n4cccn4)c2)CCO3)CC1. The molecule has 1 fully saturated rings. The van der Waals surface area contributed by atoms with Crippen LogP contribution in [0.15, 0.2) is 60.9 Å². The first-order valence-corrected chi connectivity index (χ1v) is 12.4. The van der Waals surface area contributed by atoms with Crippen LogP contribution in [0.5, 0.6) is 5.75 Å². The van der Waals surface area contributed by atoms with Crippen LogP contribution in [0.25, 0.3) is 5.69 Å². The van der Waals surface area contributed by atoms with Crippen molar-refractivity contribution in [3.63, 3.8) is 0 Å². The Morgan fingerprint density at radius 2 is 1.86 bits per heavy atom. The van der Waals surface area contributed by atoms with E-state index in [9.17, 15) is 9.59 Å². The summed E-state index contributed by atoms with van der Waals surface area (Å²) in [7, 11) is 0. The largest absolute Gasteiger partial charge is 0.491 e. The summed E-state index contributed by atoms with van der Waals surface area (Å²) in [5, 5.41) is 4.26. The average molecular weight is 490 g/mol. The van der Waals surface area contributed by atoms with Crippen LogP contribution in [0, 0.1) is 0 Å². The molecule has 3 aromatic rings. The van der Waals surface area contributed by atoms with Gasteiger partial charge in [-0.15, -0.1) is 0 Å². The molecule has 0 aliphatic carbocycles. The lowest BCUT2D eigenvalue weighted by atomic mass is 10.1. The molecule has 2 aromatic carbocycles. The van der Waals surface area contributed by atoms with Crippen LogP contribution in [0.4, 0.5) is 4.79 Å². The van der Waals surface area contributed by atoms with E-state index >= 15 is 0 Å². The summed E-state index contributed by atoms with van der Waals surface area (Å²) in [6, 6.07) is 15.6. The molecular weight excluding hydrogens is 458 g/mol. The Hall–Kier alpha value is -3.85. The minimum atomic E-state index is -0.237. The lowest BCUT2D eigenvalue weighted by Crippen LogP contribution is -2.48. The fourth-order valence-electron chi connectivity index (χ4n) is 4.67. The fourth-order valence-corrected chi connectivity index (χ4v) is 4.67. The van der Waals surface area contributed by atoms with Crippen molar-refractivity contribution in [3.05, 3.63) is 77.6 Å². The molecule has 3 heterocycles. The molecule has 0 bridgehead atoms. The Bertz CT molecular complexity index is 1200. The quantitative estimate of drug-likeness (QED) is 0.548. The fraction of sp³-hybridized carbons (Fsp3) is 0.370. The summed E-state index contributed by atoms with van der Waals surface area (Å²) in [6.07, 6.45) is 3.34. The van der Waals surface area contributed by atoms with Crippen molar-refractivity contribution in [3.8, 4) is 11.4 Å². The smallest absolute Gasteiger partial charge is 0.409 e. The van der Waals surface area contributed by atoms with E-state index in [0.717, 1.165) is 42.2 Å². The Kier molecular flexibility index (Phi) is 7.18. The normalized spacial score (nSPS) is 16.1. The topological polar surface area (TPSA) is 80.1 Å². The molecule has 2 aliphatic heterocycles. The molecule has 0 unspecified atom stereocenters. The summed E-state index contributed by atoms with van der Waals surface area (Å²) < 4.78 is 12.8. The van der Waals surface area contributed by atoms with Crippen LogP contribution in [-0.2, 0) is 17.8 Å². The maximum atomic E-state index is 13.4. The lowest BCUT2D eigenvalue weighted by molar-refractivity contribution is 0.0731. The second kappa shape index (κ2) is 10.8. The van der Waals surface area contributed by atoms with Crippen LogP contribution in [0.2, 0.25) is 0 Å². The summed E-state index contributed by atoms with van der Waals surface area (Å²) in [4.78, 5) is 31.3. The zero-order valence-electron chi connectivity index (χ0n) is 20.5. The van der Waals surface area contributed by atoms with Gasteiger partial charge in [-0.2, -0.15) is 5.10 Å². The molecule has 1 saturated heterocycles. The third-order valence-corrected chi connectivity index (χ3v) is 6.56. The van der Waals surface area contributed by atoms with E-state index in [1.807, 2.05) is 54.4 Å². The predicted molar refractivity (Wildman–Crippen MR) is 134 cm³/mol. The Morgan fingerprint density at radius 3 is 2.64 bits per heavy atom. The number of carbonyl (C=O) groups excluding carboxylic acids is 2. The maximum Gasteiger partial charge on any atom is 0.409 e. The Balaban J connectivity index is 1.25. The second-order valence-corrected chi connectivity index (χ2v) is 8.98. The number of amides is 2. The number of rotatable bonds is 5. The van der Waals surface area contributed by atoms with Gasteiger partial charge in [0, 0.05) is 62.8 Å². The molecule has 36 heavy (non-hydrogen) atoms. The van der Waals surface area contributed by atoms with Gasteiger partial charge in [0.05, 0.1) is 18.8 Å². The van der Waals surface area contributed by atoms with Gasteiger partial charge in [0.1, 0.15) is 12.4 Å². The summed E-state index contributed by atoms with van der Waals surface area (Å²) in [5.41, 5.74) is 3.65. The number of fused-ring (bicyclic) bond motifs is 1. The number of piperazine rings is 1.